The van der Waals surface area contributed by atoms with E-state index in [0.29, 0.717) is 22.3 Å². The van der Waals surface area contributed by atoms with Crippen molar-refractivity contribution in [3.05, 3.63) is 58.7 Å². The Balaban J connectivity index is 1.26. The van der Waals surface area contributed by atoms with Crippen LogP contribution in [0.1, 0.15) is 131 Å². The van der Waals surface area contributed by atoms with Gasteiger partial charge in [0.25, 0.3) is 23.6 Å². The third kappa shape index (κ3) is 4.38. The molecular weight excluding hydrogens is 476 g/mol. The third-order valence-corrected chi connectivity index (χ3v) is 9.05. The summed E-state index contributed by atoms with van der Waals surface area (Å²) in [6.07, 6.45) is 14.7. The third-order valence-electron chi connectivity index (χ3n) is 9.05. The second-order valence-corrected chi connectivity index (χ2v) is 11.5. The van der Waals surface area contributed by atoms with Gasteiger partial charge in [0.2, 0.25) is 0 Å². The van der Waals surface area contributed by atoms with E-state index < -0.39 is 0 Å². The van der Waals surface area contributed by atoms with E-state index in [-0.39, 0.29) is 35.7 Å². The van der Waals surface area contributed by atoms with Gasteiger partial charge in [-0.05, 0) is 61.1 Å². The summed E-state index contributed by atoms with van der Waals surface area (Å²) in [6.45, 7) is 0. The molecule has 2 aromatic carbocycles. The number of hydrogen-bond acceptors (Lipinski definition) is 4. The maximum absolute atomic E-state index is 13.4. The van der Waals surface area contributed by atoms with E-state index in [2.05, 4.69) is 0 Å². The molecule has 4 amide bonds. The molecule has 2 saturated carbocycles. The zero-order valence-electron chi connectivity index (χ0n) is 22.0. The van der Waals surface area contributed by atoms with E-state index in [4.69, 9.17) is 0 Å². The lowest BCUT2D eigenvalue weighted by atomic mass is 9.95. The fourth-order valence-corrected chi connectivity index (χ4v) is 6.93. The van der Waals surface area contributed by atoms with Crippen LogP contribution in [0.5, 0.6) is 0 Å². The van der Waals surface area contributed by atoms with Crippen LogP contribution in [0.25, 0.3) is 11.1 Å². The molecule has 6 nitrogen and oxygen atoms in total. The summed E-state index contributed by atoms with van der Waals surface area (Å²) >= 11 is 0. The van der Waals surface area contributed by atoms with Gasteiger partial charge in [-0.1, -0.05) is 76.3 Å². The number of imide groups is 2. The maximum atomic E-state index is 13.4. The molecule has 2 aliphatic carbocycles. The van der Waals surface area contributed by atoms with Gasteiger partial charge < -0.3 is 0 Å². The molecule has 2 heterocycles. The number of amides is 4. The van der Waals surface area contributed by atoms with Crippen LogP contribution in [0.15, 0.2) is 36.4 Å². The fraction of sp³-hybridized carbons (Fsp3) is 0.500. The summed E-state index contributed by atoms with van der Waals surface area (Å²) in [7, 11) is 0. The number of benzene rings is 2. The van der Waals surface area contributed by atoms with Crippen molar-refractivity contribution < 1.29 is 19.2 Å². The molecule has 0 atom stereocenters. The summed E-state index contributed by atoms with van der Waals surface area (Å²) < 4.78 is 0. The molecule has 0 radical (unpaired) electrons. The normalized spacial score (nSPS) is 21.7. The Kier molecular flexibility index (Phi) is 6.89. The standard InChI is InChI=1S/C32H36N2O4/c35-29-25-17-15-21(19-27(25)31(37)33(29)23-11-7-3-1-4-8-12-23)22-16-18-26-28(20-22)32(38)34(30(26)36)24-13-9-5-2-6-10-14-24/h15-20,23-24H,1-14H2. The smallest absolute Gasteiger partial charge is 0.261 e. The summed E-state index contributed by atoms with van der Waals surface area (Å²) in [5.74, 6) is -0.793. The number of carbonyl (C=O) groups excluding carboxylic acids is 4. The Bertz CT molecular complexity index is 1180. The van der Waals surface area contributed by atoms with E-state index in [0.717, 1.165) is 88.2 Å². The molecule has 38 heavy (non-hydrogen) atoms. The average Bonchev–Trinajstić information content (AvgIpc) is 3.28. The van der Waals surface area contributed by atoms with Crippen molar-refractivity contribution in [2.45, 2.75) is 102 Å². The summed E-state index contributed by atoms with van der Waals surface area (Å²) in [5, 5.41) is 0. The molecule has 2 aliphatic heterocycles. The van der Waals surface area contributed by atoms with Crippen LogP contribution >= 0.6 is 0 Å². The highest BCUT2D eigenvalue weighted by Gasteiger charge is 2.41. The highest BCUT2D eigenvalue weighted by molar-refractivity contribution is 6.23. The monoisotopic (exact) mass is 512 g/mol. The first-order valence-corrected chi connectivity index (χ1v) is 14.6. The van der Waals surface area contributed by atoms with Crippen molar-refractivity contribution in [1.29, 1.82) is 0 Å². The molecular formula is C32H36N2O4. The first-order valence-electron chi connectivity index (χ1n) is 14.6. The second-order valence-electron chi connectivity index (χ2n) is 11.5. The molecule has 198 valence electrons. The SMILES string of the molecule is O=C1c2ccc(-c3ccc4c(c3)C(=O)N(C3CCCCCCC3)C4=O)cc2C(=O)N1C1CCCCCCC1. The van der Waals surface area contributed by atoms with Crippen molar-refractivity contribution in [1.82, 2.24) is 9.80 Å². The Hall–Kier alpha value is -3.28. The van der Waals surface area contributed by atoms with E-state index in [1.54, 1.807) is 24.3 Å². The number of nitrogens with zero attached hydrogens (tertiary/aromatic N) is 2. The largest absolute Gasteiger partial charge is 0.271 e. The van der Waals surface area contributed by atoms with Crippen molar-refractivity contribution in [2.75, 3.05) is 0 Å². The topological polar surface area (TPSA) is 74.8 Å². The van der Waals surface area contributed by atoms with Gasteiger partial charge in [-0.25, -0.2) is 0 Å². The Labute approximate surface area is 224 Å². The molecule has 0 bridgehead atoms. The quantitative estimate of drug-likeness (QED) is 0.425. The van der Waals surface area contributed by atoms with Crippen LogP contribution in [0, 0.1) is 0 Å². The van der Waals surface area contributed by atoms with Crippen LogP contribution in [0.2, 0.25) is 0 Å². The first-order chi connectivity index (χ1) is 18.5. The van der Waals surface area contributed by atoms with Gasteiger partial charge in [0, 0.05) is 12.1 Å². The minimum absolute atomic E-state index is 0.0333. The van der Waals surface area contributed by atoms with Gasteiger partial charge in [-0.3, -0.25) is 29.0 Å². The lowest BCUT2D eigenvalue weighted by molar-refractivity contribution is 0.0543. The molecule has 2 fully saturated rings. The Morgan fingerprint density at radius 1 is 0.421 bits per heavy atom. The molecule has 2 aromatic rings. The molecule has 6 heteroatoms. The predicted octanol–water partition coefficient (Wildman–Crippen LogP) is 6.77. The summed E-state index contributed by atoms with van der Waals surface area (Å²) in [6, 6.07) is 10.7. The highest BCUT2D eigenvalue weighted by atomic mass is 16.2. The second kappa shape index (κ2) is 10.5. The van der Waals surface area contributed by atoms with E-state index in [1.807, 2.05) is 12.1 Å². The van der Waals surface area contributed by atoms with Crippen molar-refractivity contribution >= 4 is 23.6 Å². The number of hydrogen-bond donors (Lipinski definition) is 0. The Morgan fingerprint density at radius 3 is 1.11 bits per heavy atom. The van der Waals surface area contributed by atoms with E-state index in [1.165, 1.54) is 22.6 Å². The van der Waals surface area contributed by atoms with Gasteiger partial charge >= 0.3 is 0 Å². The van der Waals surface area contributed by atoms with Gasteiger partial charge in [0.05, 0.1) is 22.3 Å². The van der Waals surface area contributed by atoms with Crippen molar-refractivity contribution in [2.24, 2.45) is 0 Å². The number of rotatable bonds is 3. The molecule has 0 spiro atoms. The van der Waals surface area contributed by atoms with Crippen LogP contribution < -0.4 is 0 Å². The molecule has 6 rings (SSSR count). The molecule has 4 aliphatic rings. The zero-order chi connectivity index (χ0) is 26.2. The van der Waals surface area contributed by atoms with Crippen LogP contribution in [0.3, 0.4) is 0 Å². The van der Waals surface area contributed by atoms with Crippen LogP contribution in [-0.2, 0) is 0 Å². The van der Waals surface area contributed by atoms with Crippen LogP contribution in [-0.4, -0.2) is 45.5 Å². The maximum Gasteiger partial charge on any atom is 0.261 e. The molecule has 0 N–H and O–H groups in total. The van der Waals surface area contributed by atoms with Gasteiger partial charge in [-0.15, -0.1) is 0 Å². The fourth-order valence-electron chi connectivity index (χ4n) is 6.93. The minimum atomic E-state index is -0.208. The highest BCUT2D eigenvalue weighted by Crippen LogP contribution is 2.36. The number of fused-ring (bicyclic) bond motifs is 2. The van der Waals surface area contributed by atoms with E-state index >= 15 is 0 Å². The first kappa shape index (κ1) is 25.0. The van der Waals surface area contributed by atoms with Crippen molar-refractivity contribution in [3.63, 3.8) is 0 Å². The molecule has 0 aromatic heterocycles. The predicted molar refractivity (Wildman–Crippen MR) is 145 cm³/mol. The molecule has 0 saturated heterocycles. The zero-order valence-corrected chi connectivity index (χ0v) is 22.0. The summed E-state index contributed by atoms with van der Waals surface area (Å²) in [4.78, 5) is 56.3. The minimum Gasteiger partial charge on any atom is -0.271 e. The lowest BCUT2D eigenvalue weighted by Crippen LogP contribution is -2.40. The van der Waals surface area contributed by atoms with Gasteiger partial charge in [-0.2, -0.15) is 0 Å². The molecule has 0 unspecified atom stereocenters. The average molecular weight is 513 g/mol. The lowest BCUT2D eigenvalue weighted by Gasteiger charge is -2.27. The van der Waals surface area contributed by atoms with Gasteiger partial charge in [0.1, 0.15) is 0 Å². The van der Waals surface area contributed by atoms with Gasteiger partial charge in [0.15, 0.2) is 0 Å². The van der Waals surface area contributed by atoms with E-state index in [9.17, 15) is 19.2 Å². The summed E-state index contributed by atoms with van der Waals surface area (Å²) in [5.41, 5.74) is 3.35. The van der Waals surface area contributed by atoms with Crippen LogP contribution in [0.4, 0.5) is 0 Å². The van der Waals surface area contributed by atoms with Crippen molar-refractivity contribution in [3.8, 4) is 11.1 Å². The number of carbonyl (C=O) groups is 4. The Morgan fingerprint density at radius 2 is 0.737 bits per heavy atom.